The van der Waals surface area contributed by atoms with E-state index in [1.807, 2.05) is 30.5 Å². The first-order valence-corrected chi connectivity index (χ1v) is 7.22. The van der Waals surface area contributed by atoms with Crippen LogP contribution in [0.15, 0.2) is 41.9 Å². The summed E-state index contributed by atoms with van der Waals surface area (Å²) in [5.74, 6) is -0.879. The summed E-state index contributed by atoms with van der Waals surface area (Å²) >= 11 is 1.57. The molecule has 0 spiro atoms. The highest BCUT2D eigenvalue weighted by Gasteiger charge is 2.20. The van der Waals surface area contributed by atoms with Crippen molar-refractivity contribution in [1.29, 1.82) is 5.26 Å². The number of benzene rings is 1. The summed E-state index contributed by atoms with van der Waals surface area (Å²) in [5, 5.41) is 14.9. The second-order valence-electron chi connectivity index (χ2n) is 4.49. The van der Waals surface area contributed by atoms with E-state index in [-0.39, 0.29) is 11.8 Å². The van der Waals surface area contributed by atoms with Crippen LogP contribution in [0.3, 0.4) is 0 Å². The molecule has 4 nitrogen and oxygen atoms in total. The monoisotopic (exact) mass is 285 g/mol. The Labute approximate surface area is 122 Å². The zero-order chi connectivity index (χ0) is 14.4. The number of aromatic nitrogens is 1. The highest BCUT2D eigenvalue weighted by molar-refractivity contribution is 7.09. The van der Waals surface area contributed by atoms with E-state index in [1.165, 1.54) is 0 Å². The van der Waals surface area contributed by atoms with Crippen molar-refractivity contribution in [1.82, 2.24) is 10.3 Å². The molecule has 0 fully saturated rings. The van der Waals surface area contributed by atoms with Gasteiger partial charge in [-0.05, 0) is 5.56 Å². The second kappa shape index (κ2) is 6.83. The first-order chi connectivity index (χ1) is 9.72. The molecule has 0 bridgehead atoms. The lowest BCUT2D eigenvalue weighted by atomic mass is 10.00. The van der Waals surface area contributed by atoms with Crippen molar-refractivity contribution in [2.45, 2.75) is 18.8 Å². The van der Waals surface area contributed by atoms with Crippen molar-refractivity contribution in [2.24, 2.45) is 0 Å². The van der Waals surface area contributed by atoms with Crippen molar-refractivity contribution >= 4 is 17.2 Å². The number of amides is 1. The zero-order valence-corrected chi connectivity index (χ0v) is 11.9. The van der Waals surface area contributed by atoms with Gasteiger partial charge in [-0.3, -0.25) is 4.79 Å². The maximum absolute atomic E-state index is 12.1. The van der Waals surface area contributed by atoms with Crippen molar-refractivity contribution in [2.75, 3.05) is 6.54 Å². The molecule has 2 rings (SSSR count). The van der Waals surface area contributed by atoms with E-state index in [4.69, 9.17) is 0 Å². The smallest absolute Gasteiger partial charge is 0.241 e. The fraction of sp³-hybridized carbons (Fsp3) is 0.267. The van der Waals surface area contributed by atoms with Crippen LogP contribution in [-0.2, 0) is 4.79 Å². The quantitative estimate of drug-likeness (QED) is 0.918. The minimum atomic E-state index is -0.764. The van der Waals surface area contributed by atoms with Crippen LogP contribution in [0, 0.1) is 11.3 Å². The van der Waals surface area contributed by atoms with Crippen LogP contribution in [0.2, 0.25) is 0 Å². The zero-order valence-electron chi connectivity index (χ0n) is 11.1. The number of rotatable bonds is 5. The summed E-state index contributed by atoms with van der Waals surface area (Å²) < 4.78 is 0. The van der Waals surface area contributed by atoms with E-state index in [2.05, 4.69) is 16.4 Å². The highest BCUT2D eigenvalue weighted by atomic mass is 32.1. The fourth-order valence-corrected chi connectivity index (χ4v) is 2.55. The number of nitriles is 1. The summed E-state index contributed by atoms with van der Waals surface area (Å²) in [7, 11) is 0. The third-order valence-corrected chi connectivity index (χ3v) is 3.99. The number of hydrogen-bond donors (Lipinski definition) is 1. The molecular formula is C15H15N3OS. The first kappa shape index (κ1) is 14.2. The highest BCUT2D eigenvalue weighted by Crippen LogP contribution is 2.18. The molecule has 5 heteroatoms. The number of hydrogen-bond acceptors (Lipinski definition) is 4. The Morgan fingerprint density at radius 3 is 2.80 bits per heavy atom. The lowest BCUT2D eigenvalue weighted by molar-refractivity contribution is -0.121. The third-order valence-electron chi connectivity index (χ3n) is 2.98. The molecule has 0 aliphatic rings. The molecule has 1 heterocycles. The van der Waals surface area contributed by atoms with E-state index >= 15 is 0 Å². The summed E-state index contributed by atoms with van der Waals surface area (Å²) in [5.41, 5.74) is 0.717. The van der Waals surface area contributed by atoms with Gasteiger partial charge in [-0.15, -0.1) is 11.3 Å². The lowest BCUT2D eigenvalue weighted by Crippen LogP contribution is -2.31. The van der Waals surface area contributed by atoms with Gasteiger partial charge < -0.3 is 5.32 Å². The Balaban J connectivity index is 1.96. The van der Waals surface area contributed by atoms with Crippen molar-refractivity contribution in [3.05, 3.63) is 52.5 Å². The fourth-order valence-electron chi connectivity index (χ4n) is 1.85. The van der Waals surface area contributed by atoms with Gasteiger partial charge in [0.15, 0.2) is 0 Å². The predicted octanol–water partition coefficient (Wildman–Crippen LogP) is 2.67. The standard InChI is InChI=1S/C15H15N3OS/c1-11(15-17-7-8-20-15)10-18-14(19)13(9-16)12-5-3-2-4-6-12/h2-8,11,13H,10H2,1H3,(H,18,19). The number of thiazole rings is 1. The van der Waals surface area contributed by atoms with E-state index in [9.17, 15) is 10.1 Å². The van der Waals surface area contributed by atoms with Crippen LogP contribution in [0.4, 0.5) is 0 Å². The van der Waals surface area contributed by atoms with Gasteiger partial charge in [0, 0.05) is 24.0 Å². The van der Waals surface area contributed by atoms with Crippen LogP contribution < -0.4 is 5.32 Å². The number of nitrogens with zero attached hydrogens (tertiary/aromatic N) is 2. The van der Waals surface area contributed by atoms with Crippen LogP contribution in [-0.4, -0.2) is 17.4 Å². The molecule has 0 saturated heterocycles. The molecule has 2 unspecified atom stereocenters. The molecular weight excluding hydrogens is 270 g/mol. The topological polar surface area (TPSA) is 65.8 Å². The van der Waals surface area contributed by atoms with Gasteiger partial charge in [-0.25, -0.2) is 4.98 Å². The van der Waals surface area contributed by atoms with E-state index in [1.54, 1.807) is 29.7 Å². The van der Waals surface area contributed by atoms with Gasteiger partial charge in [0.2, 0.25) is 5.91 Å². The molecule has 20 heavy (non-hydrogen) atoms. The molecule has 0 aliphatic heterocycles. The van der Waals surface area contributed by atoms with Crippen LogP contribution in [0.25, 0.3) is 0 Å². The maximum atomic E-state index is 12.1. The number of carbonyl (C=O) groups excluding carboxylic acids is 1. The van der Waals surface area contributed by atoms with Gasteiger partial charge in [0.25, 0.3) is 0 Å². The SMILES string of the molecule is CC(CNC(=O)C(C#N)c1ccccc1)c1nccs1. The molecule has 0 aliphatic carbocycles. The summed E-state index contributed by atoms with van der Waals surface area (Å²) in [6, 6.07) is 11.1. The Hall–Kier alpha value is -2.19. The van der Waals surface area contributed by atoms with E-state index < -0.39 is 5.92 Å². The average molecular weight is 285 g/mol. The lowest BCUT2D eigenvalue weighted by Gasteiger charge is -2.13. The Kier molecular flexibility index (Phi) is 4.85. The van der Waals surface area contributed by atoms with Crippen LogP contribution >= 0.6 is 11.3 Å². The molecule has 102 valence electrons. The maximum Gasteiger partial charge on any atom is 0.241 e. The Morgan fingerprint density at radius 1 is 1.45 bits per heavy atom. The Bertz CT molecular complexity index is 589. The van der Waals surface area contributed by atoms with Crippen LogP contribution in [0.1, 0.15) is 29.3 Å². The minimum Gasteiger partial charge on any atom is -0.354 e. The van der Waals surface area contributed by atoms with Gasteiger partial charge in [-0.2, -0.15) is 5.26 Å². The summed E-state index contributed by atoms with van der Waals surface area (Å²) in [4.78, 5) is 16.3. The average Bonchev–Trinajstić information content (AvgIpc) is 3.01. The molecule has 2 atom stereocenters. The molecule has 1 aromatic heterocycles. The molecule has 1 N–H and O–H groups in total. The van der Waals surface area contributed by atoms with Crippen molar-refractivity contribution in [3.8, 4) is 6.07 Å². The first-order valence-electron chi connectivity index (χ1n) is 6.34. The van der Waals surface area contributed by atoms with Gasteiger partial charge in [0.1, 0.15) is 5.92 Å². The molecule has 0 radical (unpaired) electrons. The van der Waals surface area contributed by atoms with E-state index in [0.29, 0.717) is 6.54 Å². The van der Waals surface area contributed by atoms with Crippen LogP contribution in [0.5, 0.6) is 0 Å². The van der Waals surface area contributed by atoms with E-state index in [0.717, 1.165) is 10.6 Å². The molecule has 1 amide bonds. The Morgan fingerprint density at radius 2 is 2.20 bits per heavy atom. The minimum absolute atomic E-state index is 0.147. The van der Waals surface area contributed by atoms with Gasteiger partial charge in [0.05, 0.1) is 11.1 Å². The number of nitrogens with one attached hydrogen (secondary N) is 1. The summed E-state index contributed by atoms with van der Waals surface area (Å²) in [6.07, 6.45) is 1.75. The second-order valence-corrected chi connectivity index (χ2v) is 5.42. The van der Waals surface area contributed by atoms with Crippen molar-refractivity contribution in [3.63, 3.8) is 0 Å². The van der Waals surface area contributed by atoms with Gasteiger partial charge >= 0.3 is 0 Å². The largest absolute Gasteiger partial charge is 0.354 e. The van der Waals surface area contributed by atoms with Gasteiger partial charge in [-0.1, -0.05) is 37.3 Å². The third kappa shape index (κ3) is 3.43. The number of carbonyl (C=O) groups is 1. The normalized spacial score (nSPS) is 13.2. The predicted molar refractivity (Wildman–Crippen MR) is 78.3 cm³/mol. The molecule has 1 aromatic carbocycles. The van der Waals surface area contributed by atoms with Crippen molar-refractivity contribution < 1.29 is 4.79 Å². The molecule has 0 saturated carbocycles. The molecule has 2 aromatic rings. The summed E-state index contributed by atoms with van der Waals surface area (Å²) in [6.45, 7) is 2.49.